The Morgan fingerprint density at radius 3 is 2.71 bits per heavy atom. The number of carbonyl (C=O) groups is 1. The molecule has 0 aromatic heterocycles. The van der Waals surface area contributed by atoms with Crippen molar-refractivity contribution >= 4 is 5.91 Å². The van der Waals surface area contributed by atoms with Crippen LogP contribution in [0.3, 0.4) is 0 Å². The Kier molecular flexibility index (Phi) is 5.46. The molecule has 1 atom stereocenters. The minimum absolute atomic E-state index is 0.129. The number of ether oxygens (including phenoxy) is 2. The van der Waals surface area contributed by atoms with Crippen LogP contribution in [0.5, 0.6) is 0 Å². The highest BCUT2D eigenvalue weighted by molar-refractivity contribution is 5.77. The summed E-state index contributed by atoms with van der Waals surface area (Å²) in [4.78, 5) is 12.4. The molecule has 0 bridgehead atoms. The fourth-order valence-electron chi connectivity index (χ4n) is 3.55. The van der Waals surface area contributed by atoms with Crippen LogP contribution in [-0.2, 0) is 19.8 Å². The van der Waals surface area contributed by atoms with Gasteiger partial charge < -0.3 is 14.8 Å². The van der Waals surface area contributed by atoms with E-state index in [2.05, 4.69) is 5.32 Å². The van der Waals surface area contributed by atoms with Crippen molar-refractivity contribution < 1.29 is 23.0 Å². The monoisotopic (exact) mass is 339 g/mol. The van der Waals surface area contributed by atoms with Crippen molar-refractivity contribution in [2.75, 3.05) is 19.8 Å². The highest BCUT2D eigenvalue weighted by Crippen LogP contribution is 2.34. The quantitative estimate of drug-likeness (QED) is 0.897. The summed E-state index contributed by atoms with van der Waals surface area (Å²) in [5, 5.41) is 3.00. The highest BCUT2D eigenvalue weighted by Gasteiger charge is 2.38. The average Bonchev–Trinajstić information content (AvgIpc) is 3.07. The van der Waals surface area contributed by atoms with Gasteiger partial charge in [0.2, 0.25) is 5.91 Å². The summed E-state index contributed by atoms with van der Waals surface area (Å²) in [6.07, 6.45) is 4.12. The zero-order chi connectivity index (χ0) is 17.0. The van der Waals surface area contributed by atoms with Gasteiger partial charge in [-0.05, 0) is 38.2 Å². The van der Waals surface area contributed by atoms with Gasteiger partial charge in [-0.25, -0.2) is 8.78 Å². The first-order valence-electron chi connectivity index (χ1n) is 8.55. The van der Waals surface area contributed by atoms with Crippen molar-refractivity contribution in [2.24, 2.45) is 0 Å². The molecule has 2 saturated heterocycles. The molecule has 132 valence electrons. The van der Waals surface area contributed by atoms with Gasteiger partial charge in [0.1, 0.15) is 11.6 Å². The van der Waals surface area contributed by atoms with E-state index < -0.39 is 17.2 Å². The molecule has 0 saturated carbocycles. The van der Waals surface area contributed by atoms with E-state index in [-0.39, 0.29) is 12.0 Å². The van der Waals surface area contributed by atoms with E-state index >= 15 is 0 Å². The van der Waals surface area contributed by atoms with Crippen LogP contribution in [0, 0.1) is 11.6 Å². The fraction of sp³-hybridized carbons (Fsp3) is 0.611. The van der Waals surface area contributed by atoms with Crippen LogP contribution >= 0.6 is 0 Å². The lowest BCUT2D eigenvalue weighted by atomic mass is 9.82. The van der Waals surface area contributed by atoms with Gasteiger partial charge in [-0.15, -0.1) is 0 Å². The number of nitrogens with one attached hydrogen (secondary N) is 1. The van der Waals surface area contributed by atoms with Gasteiger partial charge in [-0.3, -0.25) is 4.79 Å². The first-order valence-corrected chi connectivity index (χ1v) is 8.55. The van der Waals surface area contributed by atoms with Gasteiger partial charge in [-0.2, -0.15) is 0 Å². The zero-order valence-electron chi connectivity index (χ0n) is 13.7. The fourth-order valence-corrected chi connectivity index (χ4v) is 3.55. The first-order chi connectivity index (χ1) is 11.6. The predicted molar refractivity (Wildman–Crippen MR) is 84.4 cm³/mol. The number of hydrogen-bond donors (Lipinski definition) is 1. The Balaban J connectivity index is 1.71. The van der Waals surface area contributed by atoms with Crippen molar-refractivity contribution in [3.63, 3.8) is 0 Å². The maximum atomic E-state index is 14.3. The molecular formula is C18H23F2NO3. The Morgan fingerprint density at radius 1 is 1.25 bits per heavy atom. The van der Waals surface area contributed by atoms with E-state index in [1.165, 1.54) is 12.1 Å². The van der Waals surface area contributed by atoms with Gasteiger partial charge in [0.15, 0.2) is 0 Å². The standard InChI is InChI=1S/C18H23F2NO3/c19-13-3-5-15(16(20)12-13)18(7-10-23-11-8-18)21-17(22)6-4-14-2-1-9-24-14/h3,5,12,14H,1-2,4,6-11H2,(H,21,22). The minimum Gasteiger partial charge on any atom is -0.381 e. The number of benzene rings is 1. The maximum Gasteiger partial charge on any atom is 0.220 e. The molecule has 1 aromatic rings. The van der Waals surface area contributed by atoms with E-state index in [1.54, 1.807) is 0 Å². The Labute approximate surface area is 140 Å². The van der Waals surface area contributed by atoms with Crippen LogP contribution in [0.4, 0.5) is 8.78 Å². The molecule has 2 aliphatic heterocycles. The lowest BCUT2D eigenvalue weighted by Gasteiger charge is -2.38. The second-order valence-electron chi connectivity index (χ2n) is 6.54. The molecule has 2 fully saturated rings. The number of amides is 1. The maximum absolute atomic E-state index is 14.3. The lowest BCUT2D eigenvalue weighted by Crippen LogP contribution is -2.50. The molecule has 2 aliphatic rings. The summed E-state index contributed by atoms with van der Waals surface area (Å²) in [6.45, 7) is 1.63. The van der Waals surface area contributed by atoms with E-state index in [0.717, 1.165) is 25.5 Å². The topological polar surface area (TPSA) is 47.6 Å². The largest absolute Gasteiger partial charge is 0.381 e. The molecule has 24 heavy (non-hydrogen) atoms. The van der Waals surface area contributed by atoms with Crippen molar-refractivity contribution in [3.8, 4) is 0 Å². The summed E-state index contributed by atoms with van der Waals surface area (Å²) in [5.41, 5.74) is -0.499. The number of halogens is 2. The third-order valence-electron chi connectivity index (χ3n) is 4.89. The van der Waals surface area contributed by atoms with Crippen molar-refractivity contribution in [3.05, 3.63) is 35.4 Å². The molecule has 1 aromatic carbocycles. The molecule has 1 N–H and O–H groups in total. The second-order valence-corrected chi connectivity index (χ2v) is 6.54. The number of hydrogen-bond acceptors (Lipinski definition) is 3. The predicted octanol–water partition coefficient (Wildman–Crippen LogP) is 3.05. The van der Waals surface area contributed by atoms with Crippen molar-refractivity contribution in [2.45, 2.75) is 50.2 Å². The summed E-state index contributed by atoms with van der Waals surface area (Å²) in [5.74, 6) is -1.38. The van der Waals surface area contributed by atoms with Crippen LogP contribution in [0.25, 0.3) is 0 Å². The third kappa shape index (κ3) is 3.92. The van der Waals surface area contributed by atoms with E-state index in [1.807, 2.05) is 0 Å². The Bertz CT molecular complexity index is 582. The molecule has 0 spiro atoms. The Hall–Kier alpha value is -1.53. The third-order valence-corrected chi connectivity index (χ3v) is 4.89. The van der Waals surface area contributed by atoms with Crippen LogP contribution < -0.4 is 5.32 Å². The summed E-state index contributed by atoms with van der Waals surface area (Å²) >= 11 is 0. The first kappa shape index (κ1) is 17.3. The normalized spacial score (nSPS) is 23.2. The summed E-state index contributed by atoms with van der Waals surface area (Å²) in [6, 6.07) is 3.52. The highest BCUT2D eigenvalue weighted by atomic mass is 19.1. The van der Waals surface area contributed by atoms with Crippen LogP contribution in [0.2, 0.25) is 0 Å². The SMILES string of the molecule is O=C(CCC1CCCO1)NC1(c2ccc(F)cc2F)CCOCC1. The molecule has 2 heterocycles. The average molecular weight is 339 g/mol. The lowest BCUT2D eigenvalue weighted by molar-refractivity contribution is -0.125. The second kappa shape index (κ2) is 7.57. The molecule has 0 radical (unpaired) electrons. The van der Waals surface area contributed by atoms with E-state index in [0.29, 0.717) is 44.5 Å². The van der Waals surface area contributed by atoms with Gasteiger partial charge in [0.05, 0.1) is 11.6 Å². The van der Waals surface area contributed by atoms with Crippen molar-refractivity contribution in [1.82, 2.24) is 5.32 Å². The van der Waals surface area contributed by atoms with Crippen LogP contribution in [0.1, 0.15) is 44.1 Å². The molecule has 4 nitrogen and oxygen atoms in total. The molecular weight excluding hydrogens is 316 g/mol. The van der Waals surface area contributed by atoms with Crippen LogP contribution in [-0.4, -0.2) is 31.8 Å². The number of carbonyl (C=O) groups excluding carboxylic acids is 1. The van der Waals surface area contributed by atoms with E-state index in [9.17, 15) is 13.6 Å². The molecule has 1 amide bonds. The van der Waals surface area contributed by atoms with Gasteiger partial charge in [0.25, 0.3) is 0 Å². The van der Waals surface area contributed by atoms with Gasteiger partial charge in [0, 0.05) is 37.9 Å². The minimum atomic E-state index is -0.830. The summed E-state index contributed by atoms with van der Waals surface area (Å²) < 4.78 is 38.4. The Morgan fingerprint density at radius 2 is 2.04 bits per heavy atom. The molecule has 1 unspecified atom stereocenters. The molecule has 0 aliphatic carbocycles. The van der Waals surface area contributed by atoms with Crippen molar-refractivity contribution in [1.29, 1.82) is 0 Å². The number of rotatable bonds is 5. The zero-order valence-corrected chi connectivity index (χ0v) is 13.7. The smallest absolute Gasteiger partial charge is 0.220 e. The van der Waals surface area contributed by atoms with Crippen LogP contribution in [0.15, 0.2) is 18.2 Å². The van der Waals surface area contributed by atoms with Gasteiger partial charge >= 0.3 is 0 Å². The summed E-state index contributed by atoms with van der Waals surface area (Å²) in [7, 11) is 0. The van der Waals surface area contributed by atoms with E-state index in [4.69, 9.17) is 9.47 Å². The molecule has 3 rings (SSSR count). The van der Waals surface area contributed by atoms with Gasteiger partial charge in [-0.1, -0.05) is 6.07 Å². The molecule has 6 heteroatoms.